The Bertz CT molecular complexity index is 675. The molecule has 1 heterocycles. The number of anilines is 1. The van der Waals surface area contributed by atoms with E-state index < -0.39 is 0 Å². The average molecular weight is 355 g/mol. The van der Waals surface area contributed by atoms with E-state index in [1.54, 1.807) is 6.20 Å². The van der Waals surface area contributed by atoms with E-state index in [0.29, 0.717) is 5.92 Å². The first-order valence-electron chi connectivity index (χ1n) is 9.41. The number of aromatic nitrogens is 2. The minimum atomic E-state index is -0.00480. The summed E-state index contributed by atoms with van der Waals surface area (Å²) in [4.78, 5) is 16.9. The Kier molecular flexibility index (Phi) is 6.28. The maximum atomic E-state index is 12.8. The number of H-pyrrole nitrogens is 1. The van der Waals surface area contributed by atoms with Crippen LogP contribution in [0, 0.1) is 5.92 Å². The van der Waals surface area contributed by atoms with Crippen molar-refractivity contribution in [1.29, 1.82) is 0 Å². The van der Waals surface area contributed by atoms with Crippen LogP contribution in [0.2, 0.25) is 0 Å². The Morgan fingerprint density at radius 3 is 2.50 bits per heavy atom. The summed E-state index contributed by atoms with van der Waals surface area (Å²) in [5.41, 5.74) is 2.94. The van der Waals surface area contributed by atoms with Gasteiger partial charge in [-0.15, -0.1) is 0 Å². The smallest absolute Gasteiger partial charge is 0.321 e. The average Bonchev–Trinajstić information content (AvgIpc) is 3.33. The molecule has 0 radical (unpaired) electrons. The largest absolute Gasteiger partial charge is 0.323 e. The van der Waals surface area contributed by atoms with Crippen molar-refractivity contribution in [2.45, 2.75) is 25.7 Å². The summed E-state index contributed by atoms with van der Waals surface area (Å²) in [6.07, 6.45) is 8.72. The van der Waals surface area contributed by atoms with E-state index >= 15 is 0 Å². The van der Waals surface area contributed by atoms with Crippen LogP contribution in [0.3, 0.4) is 0 Å². The Morgan fingerprint density at radius 2 is 1.88 bits per heavy atom. The molecule has 1 fully saturated rings. The Hall–Kier alpha value is -2.34. The molecule has 1 aliphatic rings. The van der Waals surface area contributed by atoms with Crippen LogP contribution >= 0.6 is 0 Å². The number of hydrogen-bond acceptors (Lipinski definition) is 3. The molecule has 0 aliphatic heterocycles. The lowest BCUT2D eigenvalue weighted by atomic mass is 10.1. The van der Waals surface area contributed by atoms with E-state index in [9.17, 15) is 4.79 Å². The zero-order valence-corrected chi connectivity index (χ0v) is 15.7. The fraction of sp³-hybridized carbons (Fsp3) is 0.500. The molecule has 0 spiro atoms. The van der Waals surface area contributed by atoms with Crippen LogP contribution in [0.15, 0.2) is 36.7 Å². The summed E-state index contributed by atoms with van der Waals surface area (Å²) in [5, 5.41) is 9.84. The highest BCUT2D eigenvalue weighted by molar-refractivity contribution is 5.89. The molecule has 2 N–H and O–H groups in total. The van der Waals surface area contributed by atoms with Gasteiger partial charge < -0.3 is 15.1 Å². The molecule has 2 aromatic rings. The summed E-state index contributed by atoms with van der Waals surface area (Å²) in [6.45, 7) is 2.48. The molecule has 2 amide bonds. The van der Waals surface area contributed by atoms with Gasteiger partial charge in [-0.1, -0.05) is 25.0 Å². The molecule has 1 saturated carbocycles. The first-order valence-corrected chi connectivity index (χ1v) is 9.41. The molecule has 0 unspecified atom stereocenters. The molecule has 3 rings (SSSR count). The van der Waals surface area contributed by atoms with Gasteiger partial charge in [0.25, 0.3) is 0 Å². The third-order valence-electron chi connectivity index (χ3n) is 5.03. The lowest BCUT2D eigenvalue weighted by Crippen LogP contribution is -2.41. The van der Waals surface area contributed by atoms with E-state index in [0.717, 1.165) is 36.4 Å². The van der Waals surface area contributed by atoms with Crippen molar-refractivity contribution in [3.63, 3.8) is 0 Å². The summed E-state index contributed by atoms with van der Waals surface area (Å²) >= 11 is 0. The number of benzene rings is 1. The number of carbonyl (C=O) groups is 1. The van der Waals surface area contributed by atoms with Gasteiger partial charge in [0, 0.05) is 37.1 Å². The molecule has 26 heavy (non-hydrogen) atoms. The van der Waals surface area contributed by atoms with Crippen molar-refractivity contribution < 1.29 is 4.79 Å². The molecule has 6 nitrogen and oxygen atoms in total. The summed E-state index contributed by atoms with van der Waals surface area (Å²) in [7, 11) is 4.08. The van der Waals surface area contributed by atoms with Gasteiger partial charge in [0.1, 0.15) is 0 Å². The maximum absolute atomic E-state index is 12.8. The highest BCUT2D eigenvalue weighted by Crippen LogP contribution is 2.26. The van der Waals surface area contributed by atoms with Crippen molar-refractivity contribution >= 4 is 11.7 Å². The molecule has 0 bridgehead atoms. The molecule has 1 aromatic heterocycles. The van der Waals surface area contributed by atoms with Crippen LogP contribution in [-0.2, 0) is 0 Å². The second-order valence-corrected chi connectivity index (χ2v) is 7.39. The Balaban J connectivity index is 1.61. The molecule has 0 atom stereocenters. The zero-order chi connectivity index (χ0) is 18.4. The third-order valence-corrected chi connectivity index (χ3v) is 5.03. The predicted molar refractivity (Wildman–Crippen MR) is 105 cm³/mol. The predicted octanol–water partition coefficient (Wildman–Crippen LogP) is 3.66. The molecule has 1 aliphatic carbocycles. The van der Waals surface area contributed by atoms with E-state index in [2.05, 4.69) is 20.4 Å². The standard InChI is InChI=1S/C20H29N5O/c1-24(2)11-12-25(15-16-5-3-4-6-16)20(26)23-19-9-7-17(8-10-19)18-13-21-22-14-18/h7-10,13-14,16H,3-6,11-12,15H2,1-2H3,(H,21,22)(H,23,26). The van der Waals surface area contributed by atoms with Crippen LogP contribution in [-0.4, -0.2) is 59.8 Å². The molecule has 0 saturated heterocycles. The SMILES string of the molecule is CN(C)CCN(CC1CCCC1)C(=O)Nc1ccc(-c2cn[nH]c2)cc1. The normalized spacial score (nSPS) is 14.7. The Labute approximate surface area is 155 Å². The molecule has 1 aromatic carbocycles. The van der Waals surface area contributed by atoms with Gasteiger partial charge in [0.15, 0.2) is 0 Å². The second-order valence-electron chi connectivity index (χ2n) is 7.39. The van der Waals surface area contributed by atoms with Crippen molar-refractivity contribution in [2.24, 2.45) is 5.92 Å². The summed E-state index contributed by atoms with van der Waals surface area (Å²) in [5.74, 6) is 0.645. The number of likely N-dealkylation sites (N-methyl/N-ethyl adjacent to an activating group) is 1. The lowest BCUT2D eigenvalue weighted by molar-refractivity contribution is 0.194. The Morgan fingerprint density at radius 1 is 1.15 bits per heavy atom. The fourth-order valence-corrected chi connectivity index (χ4v) is 3.46. The fourth-order valence-electron chi connectivity index (χ4n) is 3.46. The van der Waals surface area contributed by atoms with Gasteiger partial charge >= 0.3 is 6.03 Å². The molecule has 6 heteroatoms. The van der Waals surface area contributed by atoms with Crippen molar-refractivity contribution in [3.8, 4) is 11.1 Å². The van der Waals surface area contributed by atoms with Gasteiger partial charge in [-0.2, -0.15) is 5.10 Å². The van der Waals surface area contributed by atoms with E-state index in [4.69, 9.17) is 0 Å². The zero-order valence-electron chi connectivity index (χ0n) is 15.7. The molecular formula is C20H29N5O. The van der Waals surface area contributed by atoms with Crippen molar-refractivity contribution in [3.05, 3.63) is 36.7 Å². The third kappa shape index (κ3) is 5.08. The summed E-state index contributed by atoms with van der Waals surface area (Å²) in [6, 6.07) is 7.89. The van der Waals surface area contributed by atoms with E-state index in [-0.39, 0.29) is 6.03 Å². The molecule has 140 valence electrons. The number of urea groups is 1. The number of nitrogens with zero attached hydrogens (tertiary/aromatic N) is 3. The number of carbonyl (C=O) groups excluding carboxylic acids is 1. The van der Waals surface area contributed by atoms with Gasteiger partial charge in [-0.05, 0) is 50.6 Å². The highest BCUT2D eigenvalue weighted by atomic mass is 16.2. The number of rotatable bonds is 7. The monoisotopic (exact) mass is 355 g/mol. The first kappa shape index (κ1) is 18.5. The number of nitrogens with one attached hydrogen (secondary N) is 2. The van der Waals surface area contributed by atoms with E-state index in [1.165, 1.54) is 25.7 Å². The number of hydrogen-bond donors (Lipinski definition) is 2. The first-order chi connectivity index (χ1) is 12.6. The minimum absolute atomic E-state index is 0.00480. The van der Waals surface area contributed by atoms with Gasteiger partial charge in [0.2, 0.25) is 0 Å². The summed E-state index contributed by atoms with van der Waals surface area (Å²) < 4.78 is 0. The highest BCUT2D eigenvalue weighted by Gasteiger charge is 2.22. The van der Waals surface area contributed by atoms with Crippen molar-refractivity contribution in [2.75, 3.05) is 39.0 Å². The van der Waals surface area contributed by atoms with Gasteiger partial charge in [-0.25, -0.2) is 4.79 Å². The second kappa shape index (κ2) is 8.85. The lowest BCUT2D eigenvalue weighted by Gasteiger charge is -2.27. The topological polar surface area (TPSA) is 64.3 Å². The van der Waals surface area contributed by atoms with Crippen molar-refractivity contribution in [1.82, 2.24) is 20.0 Å². The van der Waals surface area contributed by atoms with Crippen LogP contribution in [0.4, 0.5) is 10.5 Å². The number of amides is 2. The van der Waals surface area contributed by atoms with Crippen LogP contribution in [0.1, 0.15) is 25.7 Å². The maximum Gasteiger partial charge on any atom is 0.321 e. The quantitative estimate of drug-likeness (QED) is 0.796. The van der Waals surface area contributed by atoms with Crippen LogP contribution in [0.25, 0.3) is 11.1 Å². The van der Waals surface area contributed by atoms with Crippen LogP contribution < -0.4 is 5.32 Å². The minimum Gasteiger partial charge on any atom is -0.323 e. The van der Waals surface area contributed by atoms with E-state index in [1.807, 2.05) is 49.5 Å². The van der Waals surface area contributed by atoms with Gasteiger partial charge in [0.05, 0.1) is 6.20 Å². The van der Waals surface area contributed by atoms with Crippen LogP contribution in [0.5, 0.6) is 0 Å². The number of aromatic amines is 1. The molecular weight excluding hydrogens is 326 g/mol. The van der Waals surface area contributed by atoms with Gasteiger partial charge in [-0.3, -0.25) is 5.10 Å².